The Morgan fingerprint density at radius 1 is 0.449 bits per heavy atom. The van der Waals surface area contributed by atoms with Crippen molar-refractivity contribution in [3.8, 4) is 33.4 Å². The summed E-state index contributed by atoms with van der Waals surface area (Å²) in [7, 11) is 84.6. The van der Waals surface area contributed by atoms with Crippen LogP contribution in [0.3, 0.4) is 0 Å². The number of aromatic nitrogens is 1. The molecule has 0 atom stereocenters. The Hall–Kier alpha value is -6.59. The van der Waals surface area contributed by atoms with Crippen LogP contribution >= 0.6 is 0 Å². The molecule has 1 heterocycles. The molecule has 288 valence electrons. The van der Waals surface area contributed by atoms with Crippen LogP contribution in [0.5, 0.6) is 0 Å². The van der Waals surface area contributed by atoms with Crippen molar-refractivity contribution in [3.05, 3.63) is 149 Å². The van der Waals surface area contributed by atoms with Crippen LogP contribution in [-0.2, 0) is 5.41 Å². The number of para-hydroxylation sites is 1. The minimum atomic E-state index is -0.691. The summed E-state index contributed by atoms with van der Waals surface area (Å²) in [5.74, 6) is -0.419. The lowest BCUT2D eigenvalue weighted by atomic mass is 9.56. The molecule has 0 bridgehead atoms. The molecule has 2 aliphatic carbocycles. The zero-order valence-corrected chi connectivity index (χ0v) is 36.9. The Balaban J connectivity index is 1.25. The first-order valence-electron chi connectivity index (χ1n) is 21.7. The summed E-state index contributed by atoms with van der Waals surface area (Å²) in [4.78, 5) is 10.0. The van der Waals surface area contributed by atoms with E-state index in [0.29, 0.717) is 5.52 Å². The molecule has 0 saturated heterocycles. The van der Waals surface area contributed by atoms with Gasteiger partial charge >= 0.3 is 0 Å². The third kappa shape index (κ3) is 6.17. The fraction of sp³-hybridized carbons (Fsp3) is 0.0192. The van der Waals surface area contributed by atoms with E-state index < -0.39 is 11.3 Å². The van der Waals surface area contributed by atoms with Crippen molar-refractivity contribution in [3.63, 3.8) is 0 Å². The van der Waals surface area contributed by atoms with Gasteiger partial charge in [-0.15, -0.1) is 32.8 Å². The zero-order valence-electron chi connectivity index (χ0n) is 36.9. The molecule has 1 aromatic heterocycles. The Bertz CT molecular complexity index is 3770. The maximum absolute atomic E-state index is 9.60. The second-order valence-electron chi connectivity index (χ2n) is 17.3. The average Bonchev–Trinajstić information content (AvgIpc) is 3.96. The largest absolute Gasteiger partial charge is 0.282 e. The lowest BCUT2D eigenvalue weighted by Gasteiger charge is -2.30. The molecule has 0 saturated carbocycles. The van der Waals surface area contributed by atoms with Gasteiger partial charge in [0.2, 0.25) is 5.96 Å². The highest BCUT2D eigenvalue weighted by Gasteiger charge is 2.52. The van der Waals surface area contributed by atoms with Crippen molar-refractivity contribution < 1.29 is 0 Å². The van der Waals surface area contributed by atoms with E-state index in [1.165, 1.54) is 12.3 Å². The number of fused-ring (bicyclic) bond motifs is 14. The van der Waals surface area contributed by atoms with E-state index in [2.05, 4.69) is 78.9 Å². The number of nitrogens with one attached hydrogen (secondary N) is 1. The molecule has 8 aromatic carbocycles. The topological polar surface area (TPSA) is 53.5 Å². The number of nitrogens with zero attached hydrogens (tertiary/aromatic N) is 3. The van der Waals surface area contributed by atoms with Gasteiger partial charge in [-0.3, -0.25) is 9.98 Å². The molecular weight excluding hydrogens is 821 g/mol. The SMILES string of the molecule is [B]c1cc([B])c([B])c(C(=N)N=C(/N=C/c2c([B])c([B])c([B])c(-c3c([B])c([B])c([B])c([B])c3[B])c2[B])n2c3ccccc3c3ccc4c(c32)-c2ccccc2C42c3ccccc3-c3ccccc32)c1[B]. The normalized spacial score (nSPS) is 13.3. The number of rotatable bonds is 3. The van der Waals surface area contributed by atoms with E-state index in [4.69, 9.17) is 112 Å². The highest BCUT2D eigenvalue weighted by atomic mass is 15.2. The molecule has 0 amide bonds. The molecule has 2 aliphatic rings. The monoisotopic (exact) mass is 844 g/mol. The van der Waals surface area contributed by atoms with Gasteiger partial charge in [-0.2, -0.15) is 4.99 Å². The average molecular weight is 842 g/mol. The molecule has 11 rings (SSSR count). The molecule has 69 heavy (non-hydrogen) atoms. The lowest BCUT2D eigenvalue weighted by Crippen LogP contribution is -2.57. The predicted molar refractivity (Wildman–Crippen MR) is 301 cm³/mol. The Kier molecular flexibility index (Phi) is 10.6. The minimum absolute atomic E-state index is 0.00449. The molecule has 4 nitrogen and oxygen atoms in total. The van der Waals surface area contributed by atoms with Crippen molar-refractivity contribution in [2.45, 2.75) is 5.41 Å². The van der Waals surface area contributed by atoms with E-state index in [-0.39, 0.29) is 99.2 Å². The molecule has 1 N–H and O–H groups in total. The van der Waals surface area contributed by atoms with Crippen LogP contribution in [0.15, 0.2) is 125 Å². The fourth-order valence-corrected chi connectivity index (χ4v) is 10.6. The number of hydrogen-bond acceptors (Lipinski definition) is 1. The van der Waals surface area contributed by atoms with Gasteiger partial charge in [0.1, 0.15) is 102 Å². The molecule has 9 aromatic rings. The number of benzene rings is 8. The van der Waals surface area contributed by atoms with E-state index in [1.807, 2.05) is 34.9 Å². The van der Waals surface area contributed by atoms with Crippen LogP contribution in [0.4, 0.5) is 0 Å². The second kappa shape index (κ2) is 16.3. The van der Waals surface area contributed by atoms with E-state index in [9.17, 15) is 5.41 Å². The first kappa shape index (κ1) is 44.9. The zero-order chi connectivity index (χ0) is 48.5. The summed E-state index contributed by atoms with van der Waals surface area (Å²) < 4.78 is 1.91. The van der Waals surface area contributed by atoms with Crippen molar-refractivity contribution in [2.75, 3.05) is 0 Å². The van der Waals surface area contributed by atoms with Gasteiger partial charge in [-0.1, -0.05) is 147 Å². The number of amidine groups is 1. The summed E-state index contributed by atoms with van der Waals surface area (Å²) >= 11 is 0. The van der Waals surface area contributed by atoms with Crippen LogP contribution in [0.1, 0.15) is 33.4 Å². The smallest absolute Gasteiger partial charge is 0.236 e. The van der Waals surface area contributed by atoms with E-state index in [1.54, 1.807) is 0 Å². The van der Waals surface area contributed by atoms with E-state index >= 15 is 0 Å². The van der Waals surface area contributed by atoms with Gasteiger partial charge in [0, 0.05) is 28.1 Å². The summed E-state index contributed by atoms with van der Waals surface area (Å²) in [6.07, 6.45) is 1.38. The molecule has 17 heteroatoms. The standard InChI is InChI=1S/C52H21B13N4/c53-31-19-32(54)41(58)37(40(31)57)50(66)68-51(67-20-26-38(55)35(42(59)45(62)39(26)56)36-43(60)46(63)48(65)47(64)44(36)61)69-33-16-8-4-11-23(33)24-17-18-30-34(49(24)69)25-12-3-7-15-29(25)52(30)27-13-5-1-9-21(27)22-10-2-6-14-28(22)52/h1-20,66H/b66-50?,67-20+,68-51?. The van der Waals surface area contributed by atoms with Gasteiger partial charge in [0.15, 0.2) is 5.84 Å². The van der Waals surface area contributed by atoms with Crippen molar-refractivity contribution >= 4 is 213 Å². The maximum Gasteiger partial charge on any atom is 0.236 e. The number of hydrogen-bond donors (Lipinski definition) is 1. The quantitative estimate of drug-likeness (QED) is 0.109. The highest BCUT2D eigenvalue weighted by Crippen LogP contribution is 2.64. The van der Waals surface area contributed by atoms with Gasteiger partial charge in [0.25, 0.3) is 0 Å². The molecule has 0 fully saturated rings. The first-order chi connectivity index (χ1) is 33.1. The maximum atomic E-state index is 9.60. The molecule has 0 unspecified atom stereocenters. The van der Waals surface area contributed by atoms with Crippen LogP contribution in [0.25, 0.3) is 55.2 Å². The van der Waals surface area contributed by atoms with Crippen molar-refractivity contribution in [1.29, 1.82) is 5.41 Å². The first-order valence-corrected chi connectivity index (χ1v) is 21.7. The van der Waals surface area contributed by atoms with Crippen molar-refractivity contribution in [1.82, 2.24) is 4.57 Å². The Labute approximate surface area is 417 Å². The third-order valence-electron chi connectivity index (χ3n) is 13.9. The third-order valence-corrected chi connectivity index (χ3v) is 13.9. The van der Waals surface area contributed by atoms with Crippen molar-refractivity contribution in [2.24, 2.45) is 9.98 Å². The van der Waals surface area contributed by atoms with Gasteiger partial charge < -0.3 is 0 Å². The van der Waals surface area contributed by atoms with Crippen LogP contribution in [-0.4, -0.2) is 125 Å². The number of aliphatic imine (C=N–C) groups is 2. The van der Waals surface area contributed by atoms with E-state index in [0.717, 1.165) is 60.8 Å². The highest BCUT2D eigenvalue weighted by molar-refractivity contribution is 6.71. The molecule has 0 aliphatic heterocycles. The fourth-order valence-electron chi connectivity index (χ4n) is 10.6. The molecule has 26 radical (unpaired) electrons. The van der Waals surface area contributed by atoms with Crippen LogP contribution in [0.2, 0.25) is 0 Å². The van der Waals surface area contributed by atoms with Crippen LogP contribution in [0, 0.1) is 5.41 Å². The summed E-state index contributed by atoms with van der Waals surface area (Å²) in [5.41, 5.74) is 9.85. The lowest BCUT2D eigenvalue weighted by molar-refractivity contribution is 0.794. The summed E-state index contributed by atoms with van der Waals surface area (Å²) in [5, 5.41) is 11.4. The van der Waals surface area contributed by atoms with Gasteiger partial charge in [-0.25, -0.2) is 4.99 Å². The predicted octanol–water partition coefficient (Wildman–Crippen LogP) is -3.53. The molecule has 1 spiro atoms. The minimum Gasteiger partial charge on any atom is -0.282 e. The van der Waals surface area contributed by atoms with Crippen LogP contribution < -0.4 is 71.0 Å². The summed E-state index contributed by atoms with van der Waals surface area (Å²) in [6, 6.07) is 39.2. The Morgan fingerprint density at radius 3 is 1.52 bits per heavy atom. The second-order valence-corrected chi connectivity index (χ2v) is 17.3. The summed E-state index contributed by atoms with van der Waals surface area (Å²) in [6.45, 7) is 0. The Morgan fingerprint density at radius 2 is 0.928 bits per heavy atom. The molecular formula is C52H21B13N4. The van der Waals surface area contributed by atoms with Gasteiger partial charge in [0.05, 0.1) is 16.4 Å². The van der Waals surface area contributed by atoms with Gasteiger partial charge in [-0.05, 0) is 61.7 Å².